The number of amides is 1. The van der Waals surface area contributed by atoms with Gasteiger partial charge in [-0.3, -0.25) is 14.8 Å². The standard InChI is InChI=1S/C24H28N4O/c1-19(2)28(18-21-7-5-4-6-8-21)22-11-15-26-23(17-22)24(29)27(3)16-12-20-9-13-25-14-10-20/h4-11,13-15,17,19H,12,16,18H2,1-3H3. The van der Waals surface area contributed by atoms with E-state index in [1.165, 1.54) is 5.56 Å². The second kappa shape index (κ2) is 9.82. The minimum Gasteiger partial charge on any atom is -0.365 e. The number of hydrogen-bond donors (Lipinski definition) is 0. The Labute approximate surface area is 173 Å². The van der Waals surface area contributed by atoms with E-state index in [2.05, 4.69) is 40.8 Å². The minimum absolute atomic E-state index is 0.0654. The van der Waals surface area contributed by atoms with Crippen molar-refractivity contribution in [1.82, 2.24) is 14.9 Å². The van der Waals surface area contributed by atoms with Crippen molar-refractivity contribution in [1.29, 1.82) is 0 Å². The maximum Gasteiger partial charge on any atom is 0.272 e. The van der Waals surface area contributed by atoms with E-state index in [0.717, 1.165) is 24.2 Å². The lowest BCUT2D eigenvalue weighted by Gasteiger charge is -2.29. The van der Waals surface area contributed by atoms with Gasteiger partial charge in [-0.05, 0) is 55.7 Å². The molecule has 0 N–H and O–H groups in total. The van der Waals surface area contributed by atoms with E-state index in [4.69, 9.17) is 0 Å². The topological polar surface area (TPSA) is 49.3 Å². The fraction of sp³-hybridized carbons (Fsp3) is 0.292. The molecule has 150 valence electrons. The van der Waals surface area contributed by atoms with E-state index in [0.29, 0.717) is 18.3 Å². The first-order valence-corrected chi connectivity index (χ1v) is 9.95. The van der Waals surface area contributed by atoms with Crippen molar-refractivity contribution in [3.05, 3.63) is 90.0 Å². The Hall–Kier alpha value is -3.21. The molecule has 5 nitrogen and oxygen atoms in total. The fourth-order valence-electron chi connectivity index (χ4n) is 3.21. The molecule has 3 aromatic rings. The van der Waals surface area contributed by atoms with Gasteiger partial charge in [0.25, 0.3) is 5.91 Å². The first-order valence-electron chi connectivity index (χ1n) is 9.95. The van der Waals surface area contributed by atoms with Gasteiger partial charge in [0.05, 0.1) is 0 Å². The molecule has 0 atom stereocenters. The number of aromatic nitrogens is 2. The number of carbonyl (C=O) groups excluding carboxylic acids is 1. The van der Waals surface area contributed by atoms with E-state index < -0.39 is 0 Å². The molecule has 2 aromatic heterocycles. The number of pyridine rings is 2. The van der Waals surface area contributed by atoms with Crippen molar-refractivity contribution < 1.29 is 4.79 Å². The van der Waals surface area contributed by atoms with Gasteiger partial charge in [-0.2, -0.15) is 0 Å². The van der Waals surface area contributed by atoms with Crippen LogP contribution in [0.3, 0.4) is 0 Å². The number of nitrogens with zero attached hydrogens (tertiary/aromatic N) is 4. The second-order valence-corrected chi connectivity index (χ2v) is 7.44. The lowest BCUT2D eigenvalue weighted by molar-refractivity contribution is 0.0791. The average Bonchev–Trinajstić information content (AvgIpc) is 2.76. The Morgan fingerprint density at radius 1 is 0.966 bits per heavy atom. The lowest BCUT2D eigenvalue weighted by atomic mass is 10.1. The van der Waals surface area contributed by atoms with Gasteiger partial charge in [0.1, 0.15) is 5.69 Å². The number of hydrogen-bond acceptors (Lipinski definition) is 4. The monoisotopic (exact) mass is 388 g/mol. The summed E-state index contributed by atoms with van der Waals surface area (Å²) in [5.41, 5.74) is 3.87. The molecule has 0 spiro atoms. The van der Waals surface area contributed by atoms with Crippen LogP contribution in [-0.4, -0.2) is 40.4 Å². The van der Waals surface area contributed by atoms with Crippen molar-refractivity contribution in [3.8, 4) is 0 Å². The van der Waals surface area contributed by atoms with E-state index in [-0.39, 0.29) is 5.91 Å². The lowest BCUT2D eigenvalue weighted by Crippen LogP contribution is -2.32. The summed E-state index contributed by atoms with van der Waals surface area (Å²) in [6, 6.07) is 18.5. The zero-order valence-corrected chi connectivity index (χ0v) is 17.3. The van der Waals surface area contributed by atoms with Crippen molar-refractivity contribution in [3.63, 3.8) is 0 Å². The van der Waals surface area contributed by atoms with Crippen LogP contribution < -0.4 is 4.90 Å². The number of rotatable bonds is 8. The third kappa shape index (κ3) is 5.64. The first-order chi connectivity index (χ1) is 14.0. The molecule has 5 heteroatoms. The molecular weight excluding hydrogens is 360 g/mol. The maximum absolute atomic E-state index is 12.9. The van der Waals surface area contributed by atoms with Crippen LogP contribution in [0.2, 0.25) is 0 Å². The maximum atomic E-state index is 12.9. The highest BCUT2D eigenvalue weighted by Gasteiger charge is 2.17. The Morgan fingerprint density at radius 2 is 1.69 bits per heavy atom. The fourth-order valence-corrected chi connectivity index (χ4v) is 3.21. The molecule has 0 aliphatic carbocycles. The van der Waals surface area contributed by atoms with Gasteiger partial charge in [-0.1, -0.05) is 30.3 Å². The predicted octanol–water partition coefficient (Wildman–Crippen LogP) is 4.21. The highest BCUT2D eigenvalue weighted by molar-refractivity contribution is 5.93. The summed E-state index contributed by atoms with van der Waals surface area (Å²) < 4.78 is 0. The van der Waals surface area contributed by atoms with Crippen LogP contribution in [0.4, 0.5) is 5.69 Å². The van der Waals surface area contributed by atoms with Crippen LogP contribution >= 0.6 is 0 Å². The van der Waals surface area contributed by atoms with Crippen LogP contribution in [0.1, 0.15) is 35.5 Å². The molecule has 1 amide bonds. The molecule has 0 unspecified atom stereocenters. The van der Waals surface area contributed by atoms with Gasteiger partial charge in [0.2, 0.25) is 0 Å². The number of likely N-dealkylation sites (N-methyl/N-ethyl adjacent to an activating group) is 1. The quantitative estimate of drug-likeness (QED) is 0.580. The van der Waals surface area contributed by atoms with Gasteiger partial charge >= 0.3 is 0 Å². The van der Waals surface area contributed by atoms with Crippen LogP contribution in [0.25, 0.3) is 0 Å². The molecule has 3 rings (SSSR count). The largest absolute Gasteiger partial charge is 0.365 e. The van der Waals surface area contributed by atoms with E-state index in [1.807, 2.05) is 49.5 Å². The summed E-state index contributed by atoms with van der Waals surface area (Å²) in [4.78, 5) is 25.3. The summed E-state index contributed by atoms with van der Waals surface area (Å²) in [5.74, 6) is -0.0654. The summed E-state index contributed by atoms with van der Waals surface area (Å²) in [6.45, 7) is 5.73. The molecule has 0 aliphatic heterocycles. The summed E-state index contributed by atoms with van der Waals surface area (Å²) in [5, 5.41) is 0. The van der Waals surface area contributed by atoms with Crippen molar-refractivity contribution in [2.75, 3.05) is 18.5 Å². The summed E-state index contributed by atoms with van der Waals surface area (Å²) in [7, 11) is 1.82. The smallest absolute Gasteiger partial charge is 0.272 e. The molecule has 0 radical (unpaired) electrons. The molecule has 0 saturated carbocycles. The molecule has 2 heterocycles. The molecule has 0 aliphatic rings. The van der Waals surface area contributed by atoms with Crippen molar-refractivity contribution in [2.24, 2.45) is 0 Å². The summed E-state index contributed by atoms with van der Waals surface area (Å²) >= 11 is 0. The van der Waals surface area contributed by atoms with Gasteiger partial charge < -0.3 is 9.80 Å². The van der Waals surface area contributed by atoms with Crippen LogP contribution in [-0.2, 0) is 13.0 Å². The second-order valence-electron chi connectivity index (χ2n) is 7.44. The third-order valence-electron chi connectivity index (χ3n) is 4.95. The van der Waals surface area contributed by atoms with E-state index >= 15 is 0 Å². The van der Waals surface area contributed by atoms with Crippen molar-refractivity contribution >= 4 is 11.6 Å². The van der Waals surface area contributed by atoms with E-state index in [9.17, 15) is 4.79 Å². The highest BCUT2D eigenvalue weighted by Crippen LogP contribution is 2.21. The molecule has 1 aromatic carbocycles. The van der Waals surface area contributed by atoms with E-state index in [1.54, 1.807) is 23.5 Å². The van der Waals surface area contributed by atoms with Gasteiger partial charge in [-0.25, -0.2) is 0 Å². The first kappa shape index (κ1) is 20.5. The van der Waals surface area contributed by atoms with Gasteiger partial charge in [0, 0.05) is 50.5 Å². The molecule has 29 heavy (non-hydrogen) atoms. The number of benzene rings is 1. The number of anilines is 1. The minimum atomic E-state index is -0.0654. The summed E-state index contributed by atoms with van der Waals surface area (Å²) in [6.07, 6.45) is 6.06. The molecule has 0 saturated heterocycles. The molecule has 0 bridgehead atoms. The van der Waals surface area contributed by atoms with Gasteiger partial charge in [0.15, 0.2) is 0 Å². The molecular formula is C24H28N4O. The third-order valence-corrected chi connectivity index (χ3v) is 4.95. The Balaban J connectivity index is 1.72. The van der Waals surface area contributed by atoms with Gasteiger partial charge in [-0.15, -0.1) is 0 Å². The molecule has 0 fully saturated rings. The van der Waals surface area contributed by atoms with Crippen molar-refractivity contribution in [2.45, 2.75) is 32.9 Å². The number of carbonyl (C=O) groups is 1. The Morgan fingerprint density at radius 3 is 2.38 bits per heavy atom. The average molecular weight is 389 g/mol. The van der Waals surface area contributed by atoms with Crippen LogP contribution in [0, 0.1) is 0 Å². The Bertz CT molecular complexity index is 912. The highest BCUT2D eigenvalue weighted by atomic mass is 16.2. The SMILES string of the molecule is CC(C)N(Cc1ccccc1)c1ccnc(C(=O)N(C)CCc2ccncc2)c1. The van der Waals surface area contributed by atoms with Crippen LogP contribution in [0.5, 0.6) is 0 Å². The predicted molar refractivity (Wildman–Crippen MR) is 117 cm³/mol. The normalized spacial score (nSPS) is 10.8. The Kier molecular flexibility index (Phi) is 6.95. The zero-order chi connectivity index (χ0) is 20.6. The van der Waals surface area contributed by atoms with Crippen LogP contribution in [0.15, 0.2) is 73.2 Å². The zero-order valence-electron chi connectivity index (χ0n) is 17.3.